The van der Waals surface area contributed by atoms with Gasteiger partial charge < -0.3 is 4.74 Å². The van der Waals surface area contributed by atoms with E-state index in [0.717, 1.165) is 0 Å². The maximum atomic E-state index is 11.6. The van der Waals surface area contributed by atoms with Crippen LogP contribution in [0.4, 0.5) is 0 Å². The van der Waals surface area contributed by atoms with E-state index in [1.165, 1.54) is 0 Å². The summed E-state index contributed by atoms with van der Waals surface area (Å²) in [7, 11) is 0. The van der Waals surface area contributed by atoms with E-state index in [1.54, 1.807) is 20.8 Å². The van der Waals surface area contributed by atoms with Gasteiger partial charge >= 0.3 is 5.97 Å². The maximum Gasteiger partial charge on any atom is 0.309 e. The van der Waals surface area contributed by atoms with E-state index < -0.39 is 17.5 Å². The predicted octanol–water partition coefficient (Wildman–Crippen LogP) is 2.56. The number of azide groups is 2. The van der Waals surface area contributed by atoms with Crippen molar-refractivity contribution in [2.75, 3.05) is 13.1 Å². The Morgan fingerprint density at radius 1 is 1.25 bits per heavy atom. The zero-order valence-corrected chi connectivity index (χ0v) is 9.49. The van der Waals surface area contributed by atoms with Crippen LogP contribution in [-0.4, -0.2) is 24.7 Å². The van der Waals surface area contributed by atoms with Gasteiger partial charge in [-0.1, -0.05) is 10.2 Å². The lowest BCUT2D eigenvalue weighted by atomic mass is 10.1. The molecule has 8 heteroatoms. The summed E-state index contributed by atoms with van der Waals surface area (Å²) in [5, 5.41) is 6.55. The van der Waals surface area contributed by atoms with Crippen molar-refractivity contribution in [2.45, 2.75) is 26.4 Å². The summed E-state index contributed by atoms with van der Waals surface area (Å²) in [5.41, 5.74) is 15.7. The Hall–Kier alpha value is -1.91. The van der Waals surface area contributed by atoms with Crippen LogP contribution < -0.4 is 0 Å². The summed E-state index contributed by atoms with van der Waals surface area (Å²) < 4.78 is 5.09. The van der Waals surface area contributed by atoms with Crippen molar-refractivity contribution < 1.29 is 9.53 Å². The first-order valence-corrected chi connectivity index (χ1v) is 4.65. The van der Waals surface area contributed by atoms with Crippen LogP contribution in [0.3, 0.4) is 0 Å². The molecule has 0 saturated carbocycles. The smallest absolute Gasteiger partial charge is 0.309 e. The molecule has 0 unspecified atom stereocenters. The summed E-state index contributed by atoms with van der Waals surface area (Å²) in [5.74, 6) is -1.27. The highest BCUT2D eigenvalue weighted by molar-refractivity contribution is 5.73. The topological polar surface area (TPSA) is 124 Å². The van der Waals surface area contributed by atoms with Gasteiger partial charge in [-0.15, -0.1) is 0 Å². The minimum absolute atomic E-state index is 0.0789. The lowest BCUT2D eigenvalue weighted by Crippen LogP contribution is -2.31. The Morgan fingerprint density at radius 3 is 2.00 bits per heavy atom. The van der Waals surface area contributed by atoms with Crippen LogP contribution in [0.1, 0.15) is 20.8 Å². The van der Waals surface area contributed by atoms with Gasteiger partial charge in [0.15, 0.2) is 0 Å². The Morgan fingerprint density at radius 2 is 1.69 bits per heavy atom. The number of rotatable bonds is 5. The fourth-order valence-electron chi connectivity index (χ4n) is 0.862. The molecular formula is C8H14N6O2. The zero-order valence-electron chi connectivity index (χ0n) is 9.49. The summed E-state index contributed by atoms with van der Waals surface area (Å²) in [6.45, 7) is 5.02. The third kappa shape index (κ3) is 6.53. The molecule has 0 amide bonds. The fraction of sp³-hybridized carbons (Fsp3) is 0.875. The monoisotopic (exact) mass is 226 g/mol. The Labute approximate surface area is 92.8 Å². The van der Waals surface area contributed by atoms with Gasteiger partial charge in [-0.05, 0) is 31.8 Å². The minimum atomic E-state index is -0.731. The van der Waals surface area contributed by atoms with Gasteiger partial charge in [0.1, 0.15) is 5.60 Å². The number of hydrogen-bond acceptors (Lipinski definition) is 4. The molecule has 0 bridgehead atoms. The van der Waals surface area contributed by atoms with E-state index in [-0.39, 0.29) is 13.1 Å². The third-order valence-corrected chi connectivity index (χ3v) is 1.47. The number of ether oxygens (including phenoxy) is 1. The van der Waals surface area contributed by atoms with Crippen molar-refractivity contribution in [2.24, 2.45) is 16.1 Å². The molecule has 0 aliphatic carbocycles. The molecule has 0 radical (unpaired) electrons. The average Bonchev–Trinajstić information content (AvgIpc) is 2.15. The molecule has 0 aromatic rings. The van der Waals surface area contributed by atoms with E-state index in [1.807, 2.05) is 0 Å². The molecule has 0 spiro atoms. The average molecular weight is 226 g/mol. The second-order valence-electron chi connectivity index (χ2n) is 4.06. The van der Waals surface area contributed by atoms with Gasteiger partial charge in [0.25, 0.3) is 0 Å². The first-order chi connectivity index (χ1) is 7.40. The summed E-state index contributed by atoms with van der Waals surface area (Å²) in [6.07, 6.45) is 0. The van der Waals surface area contributed by atoms with Crippen LogP contribution in [0.15, 0.2) is 10.2 Å². The highest BCUT2D eigenvalue weighted by Crippen LogP contribution is 2.12. The molecule has 0 heterocycles. The number of carbonyl (C=O) groups excluding carboxylic acids is 1. The SMILES string of the molecule is CC(C)(C)OC(=O)C(CN=[N+]=[N-])CN=[N+]=[N-]. The molecular weight excluding hydrogens is 212 g/mol. The summed E-state index contributed by atoms with van der Waals surface area (Å²) in [6, 6.07) is 0. The number of hydrogen-bond donors (Lipinski definition) is 0. The van der Waals surface area contributed by atoms with Gasteiger partial charge in [0.05, 0.1) is 5.92 Å². The van der Waals surface area contributed by atoms with Gasteiger partial charge in [0.2, 0.25) is 0 Å². The normalized spacial score (nSPS) is 11.9. The molecule has 0 aromatic carbocycles. The van der Waals surface area contributed by atoms with Crippen molar-refractivity contribution in [3.8, 4) is 0 Å². The second-order valence-corrected chi connectivity index (χ2v) is 4.06. The molecule has 0 fully saturated rings. The summed E-state index contributed by atoms with van der Waals surface area (Å²) in [4.78, 5) is 16.7. The van der Waals surface area contributed by atoms with Crippen molar-refractivity contribution in [1.82, 2.24) is 0 Å². The van der Waals surface area contributed by atoms with E-state index in [9.17, 15) is 4.79 Å². The Balaban J connectivity index is 4.54. The standard InChI is InChI=1S/C8H14N6O2/c1-8(2,3)16-7(15)6(4-11-13-9)5-12-14-10/h6H,4-5H2,1-3H3. The van der Waals surface area contributed by atoms with E-state index >= 15 is 0 Å². The van der Waals surface area contributed by atoms with Crippen molar-refractivity contribution >= 4 is 5.97 Å². The molecule has 0 aliphatic rings. The Kier molecular flexibility index (Phi) is 5.77. The highest BCUT2D eigenvalue weighted by atomic mass is 16.6. The van der Waals surface area contributed by atoms with E-state index in [2.05, 4.69) is 20.1 Å². The van der Waals surface area contributed by atoms with Crippen molar-refractivity contribution in [3.05, 3.63) is 20.9 Å². The largest absolute Gasteiger partial charge is 0.460 e. The molecule has 0 saturated heterocycles. The fourth-order valence-corrected chi connectivity index (χ4v) is 0.862. The van der Waals surface area contributed by atoms with Crippen LogP contribution in [-0.2, 0) is 9.53 Å². The van der Waals surface area contributed by atoms with Crippen molar-refractivity contribution in [1.29, 1.82) is 0 Å². The van der Waals surface area contributed by atoms with Gasteiger partial charge in [-0.2, -0.15) is 0 Å². The Bertz CT molecular complexity index is 315. The number of carbonyl (C=O) groups is 1. The van der Waals surface area contributed by atoms with Gasteiger partial charge in [0, 0.05) is 22.9 Å². The minimum Gasteiger partial charge on any atom is -0.460 e. The van der Waals surface area contributed by atoms with E-state index in [4.69, 9.17) is 15.8 Å². The van der Waals surface area contributed by atoms with Crippen LogP contribution in [0.25, 0.3) is 20.9 Å². The molecule has 0 rings (SSSR count). The molecule has 16 heavy (non-hydrogen) atoms. The highest BCUT2D eigenvalue weighted by Gasteiger charge is 2.23. The first kappa shape index (κ1) is 14.1. The van der Waals surface area contributed by atoms with Crippen LogP contribution in [0.5, 0.6) is 0 Å². The van der Waals surface area contributed by atoms with Gasteiger partial charge in [-0.3, -0.25) is 4.79 Å². The summed E-state index contributed by atoms with van der Waals surface area (Å²) >= 11 is 0. The van der Waals surface area contributed by atoms with Crippen LogP contribution in [0, 0.1) is 5.92 Å². The molecule has 0 aliphatic heterocycles. The van der Waals surface area contributed by atoms with Crippen LogP contribution in [0.2, 0.25) is 0 Å². The van der Waals surface area contributed by atoms with Crippen LogP contribution >= 0.6 is 0 Å². The van der Waals surface area contributed by atoms with E-state index in [0.29, 0.717) is 0 Å². The third-order valence-electron chi connectivity index (χ3n) is 1.47. The molecule has 88 valence electrons. The van der Waals surface area contributed by atoms with Gasteiger partial charge in [-0.25, -0.2) is 0 Å². The number of nitrogens with zero attached hydrogens (tertiary/aromatic N) is 6. The van der Waals surface area contributed by atoms with Crippen molar-refractivity contribution in [3.63, 3.8) is 0 Å². The second kappa shape index (κ2) is 6.55. The molecule has 0 aromatic heterocycles. The first-order valence-electron chi connectivity index (χ1n) is 4.65. The lowest BCUT2D eigenvalue weighted by molar-refractivity contribution is -0.159. The maximum absolute atomic E-state index is 11.6. The molecule has 8 nitrogen and oxygen atoms in total. The number of esters is 1. The zero-order chi connectivity index (χ0) is 12.6. The molecule has 0 atom stereocenters. The quantitative estimate of drug-likeness (QED) is 0.309. The lowest BCUT2D eigenvalue weighted by Gasteiger charge is -2.22. The predicted molar refractivity (Wildman–Crippen MR) is 57.4 cm³/mol. The molecule has 0 N–H and O–H groups in total.